The molecule has 0 aromatic heterocycles. The minimum atomic E-state index is 0.693. The van der Waals surface area contributed by atoms with E-state index in [1.54, 1.807) is 11.8 Å². The Labute approximate surface area is 77.3 Å². The van der Waals surface area contributed by atoms with Gasteiger partial charge in [-0.15, -0.1) is 11.8 Å². The molecule has 0 saturated heterocycles. The summed E-state index contributed by atoms with van der Waals surface area (Å²) in [4.78, 5) is 1.17. The molecule has 0 aliphatic carbocycles. The molecule has 1 aromatic rings. The van der Waals surface area contributed by atoms with Gasteiger partial charge in [-0.05, 0) is 18.6 Å². The molecule has 3 heteroatoms. The Kier molecular flexibility index (Phi) is 3.44. The van der Waals surface area contributed by atoms with Gasteiger partial charge in [0.25, 0.3) is 0 Å². The lowest BCUT2D eigenvalue weighted by molar-refractivity contribution is 1.15. The third kappa shape index (κ3) is 2.16. The van der Waals surface area contributed by atoms with Gasteiger partial charge in [0.15, 0.2) is 0 Å². The molecule has 0 spiro atoms. The Balaban J connectivity index is 2.81. The largest absolute Gasteiger partial charge is 0.398 e. The zero-order chi connectivity index (χ0) is 8.97. The van der Waals surface area contributed by atoms with Crippen molar-refractivity contribution < 1.29 is 0 Å². The van der Waals surface area contributed by atoms with Crippen molar-refractivity contribution in [3.63, 3.8) is 0 Å². The highest BCUT2D eigenvalue weighted by Crippen LogP contribution is 2.27. The van der Waals surface area contributed by atoms with Crippen molar-refractivity contribution in [1.29, 1.82) is 0 Å². The van der Waals surface area contributed by atoms with Crippen LogP contribution in [-0.4, -0.2) is 12.3 Å². The second-order valence-electron chi connectivity index (χ2n) is 2.63. The van der Waals surface area contributed by atoms with Crippen molar-refractivity contribution in [2.45, 2.75) is 11.8 Å². The van der Waals surface area contributed by atoms with Crippen LogP contribution >= 0.6 is 11.8 Å². The van der Waals surface area contributed by atoms with Crippen LogP contribution in [0.1, 0.15) is 5.56 Å². The van der Waals surface area contributed by atoms with Crippen molar-refractivity contribution in [2.24, 2.45) is 5.73 Å². The van der Waals surface area contributed by atoms with E-state index < -0.39 is 0 Å². The van der Waals surface area contributed by atoms with Crippen LogP contribution in [-0.2, 0) is 0 Å². The smallest absolute Gasteiger partial charge is 0.0454 e. The first-order chi connectivity index (χ1) is 5.75. The lowest BCUT2D eigenvalue weighted by atomic mass is 10.2. The maximum absolute atomic E-state index is 5.80. The molecule has 0 saturated carbocycles. The van der Waals surface area contributed by atoms with E-state index >= 15 is 0 Å². The number of benzene rings is 1. The maximum Gasteiger partial charge on any atom is 0.0454 e. The standard InChI is InChI=1S/C9H14N2S/c1-7-3-2-4-8(11)9(7)12-6-5-10/h2-4H,5-6,10-11H2,1H3. The monoisotopic (exact) mass is 182 g/mol. The van der Waals surface area contributed by atoms with E-state index in [9.17, 15) is 0 Å². The molecule has 0 atom stereocenters. The van der Waals surface area contributed by atoms with Gasteiger partial charge in [0.2, 0.25) is 0 Å². The summed E-state index contributed by atoms with van der Waals surface area (Å²) in [5.41, 5.74) is 13.3. The van der Waals surface area contributed by atoms with Gasteiger partial charge >= 0.3 is 0 Å². The average molecular weight is 182 g/mol. The highest BCUT2D eigenvalue weighted by molar-refractivity contribution is 7.99. The minimum Gasteiger partial charge on any atom is -0.398 e. The third-order valence-electron chi connectivity index (χ3n) is 1.61. The number of hydrogen-bond donors (Lipinski definition) is 2. The second kappa shape index (κ2) is 4.38. The predicted octanol–water partition coefficient (Wildman–Crippen LogP) is 1.63. The molecule has 66 valence electrons. The van der Waals surface area contributed by atoms with Crippen LogP contribution in [0.2, 0.25) is 0 Å². The van der Waals surface area contributed by atoms with E-state index in [0.29, 0.717) is 6.54 Å². The van der Waals surface area contributed by atoms with Crippen LogP contribution in [0.25, 0.3) is 0 Å². The van der Waals surface area contributed by atoms with Gasteiger partial charge in [0.05, 0.1) is 0 Å². The molecule has 1 aromatic carbocycles. The van der Waals surface area contributed by atoms with Crippen molar-refractivity contribution in [3.05, 3.63) is 23.8 Å². The Bertz CT molecular complexity index is 240. The molecule has 0 unspecified atom stereocenters. The van der Waals surface area contributed by atoms with E-state index in [0.717, 1.165) is 11.4 Å². The number of rotatable bonds is 3. The zero-order valence-corrected chi connectivity index (χ0v) is 8.03. The van der Waals surface area contributed by atoms with Gasteiger partial charge < -0.3 is 11.5 Å². The topological polar surface area (TPSA) is 52.0 Å². The molecule has 0 aliphatic rings. The molecular formula is C9H14N2S. The Hall–Kier alpha value is -0.670. The highest BCUT2D eigenvalue weighted by atomic mass is 32.2. The lowest BCUT2D eigenvalue weighted by Crippen LogP contribution is -2.02. The first-order valence-electron chi connectivity index (χ1n) is 3.93. The lowest BCUT2D eigenvalue weighted by Gasteiger charge is -2.07. The maximum atomic E-state index is 5.80. The van der Waals surface area contributed by atoms with Crippen LogP contribution in [0, 0.1) is 6.92 Å². The summed E-state index contributed by atoms with van der Waals surface area (Å²) in [6.45, 7) is 2.76. The van der Waals surface area contributed by atoms with Crippen LogP contribution in [0.5, 0.6) is 0 Å². The van der Waals surface area contributed by atoms with E-state index in [4.69, 9.17) is 11.5 Å². The van der Waals surface area contributed by atoms with Crippen molar-refractivity contribution >= 4 is 17.4 Å². The molecule has 0 fully saturated rings. The number of thioether (sulfide) groups is 1. The summed E-state index contributed by atoms with van der Waals surface area (Å²) in [6.07, 6.45) is 0. The van der Waals surface area contributed by atoms with Crippen LogP contribution in [0.3, 0.4) is 0 Å². The van der Waals surface area contributed by atoms with E-state index in [2.05, 4.69) is 13.0 Å². The van der Waals surface area contributed by atoms with Gasteiger partial charge in [-0.2, -0.15) is 0 Å². The first kappa shape index (κ1) is 9.42. The molecule has 0 amide bonds. The van der Waals surface area contributed by atoms with Crippen LogP contribution < -0.4 is 11.5 Å². The van der Waals surface area contributed by atoms with Gasteiger partial charge in [0.1, 0.15) is 0 Å². The van der Waals surface area contributed by atoms with Crippen molar-refractivity contribution in [2.75, 3.05) is 18.0 Å². The molecule has 0 heterocycles. The Morgan fingerprint density at radius 2 is 2.17 bits per heavy atom. The SMILES string of the molecule is Cc1cccc(N)c1SCCN. The summed E-state index contributed by atoms with van der Waals surface area (Å²) >= 11 is 1.72. The second-order valence-corrected chi connectivity index (χ2v) is 3.74. The number of nitrogens with two attached hydrogens (primary N) is 2. The molecule has 4 N–H and O–H groups in total. The summed E-state index contributed by atoms with van der Waals surface area (Å²) in [5.74, 6) is 0.926. The molecule has 0 bridgehead atoms. The molecule has 12 heavy (non-hydrogen) atoms. The minimum absolute atomic E-state index is 0.693. The van der Waals surface area contributed by atoms with E-state index in [-0.39, 0.29) is 0 Å². The van der Waals surface area contributed by atoms with E-state index in [1.807, 2.05) is 12.1 Å². The van der Waals surface area contributed by atoms with Gasteiger partial charge in [-0.25, -0.2) is 0 Å². The molecule has 0 radical (unpaired) electrons. The number of anilines is 1. The highest BCUT2D eigenvalue weighted by Gasteiger charge is 2.01. The fourth-order valence-corrected chi connectivity index (χ4v) is 1.89. The summed E-state index contributed by atoms with van der Waals surface area (Å²) in [5, 5.41) is 0. The first-order valence-corrected chi connectivity index (χ1v) is 4.92. The number of hydrogen-bond acceptors (Lipinski definition) is 3. The van der Waals surface area contributed by atoms with Gasteiger partial charge in [-0.3, -0.25) is 0 Å². The fraction of sp³-hybridized carbons (Fsp3) is 0.333. The molecule has 1 rings (SSSR count). The van der Waals surface area contributed by atoms with Gasteiger partial charge in [-0.1, -0.05) is 12.1 Å². The summed E-state index contributed by atoms with van der Waals surface area (Å²) in [6, 6.07) is 5.96. The fourth-order valence-electron chi connectivity index (χ4n) is 1.03. The average Bonchev–Trinajstić information content (AvgIpc) is 2.04. The molecule has 0 aliphatic heterocycles. The predicted molar refractivity (Wildman–Crippen MR) is 55.4 cm³/mol. The number of nitrogen functional groups attached to an aromatic ring is 1. The van der Waals surface area contributed by atoms with Crippen LogP contribution in [0.15, 0.2) is 23.1 Å². The summed E-state index contributed by atoms with van der Waals surface area (Å²) < 4.78 is 0. The van der Waals surface area contributed by atoms with Crippen molar-refractivity contribution in [1.82, 2.24) is 0 Å². The van der Waals surface area contributed by atoms with Crippen LogP contribution in [0.4, 0.5) is 5.69 Å². The van der Waals surface area contributed by atoms with E-state index in [1.165, 1.54) is 10.5 Å². The van der Waals surface area contributed by atoms with Crippen molar-refractivity contribution in [3.8, 4) is 0 Å². The molecular weight excluding hydrogens is 168 g/mol. The van der Waals surface area contributed by atoms with Gasteiger partial charge in [0, 0.05) is 22.9 Å². The normalized spacial score (nSPS) is 10.2. The molecule has 2 nitrogen and oxygen atoms in total. The Morgan fingerprint density at radius 3 is 2.75 bits per heavy atom. The Morgan fingerprint density at radius 1 is 1.42 bits per heavy atom. The summed E-state index contributed by atoms with van der Waals surface area (Å²) in [7, 11) is 0. The zero-order valence-electron chi connectivity index (χ0n) is 7.21. The third-order valence-corrected chi connectivity index (χ3v) is 2.89. The quantitative estimate of drug-likeness (QED) is 0.552. The number of aryl methyl sites for hydroxylation is 1.